The average molecular weight is 546 g/mol. The number of nitrogens with one attached hydrogen (secondary N) is 2. The maximum absolute atomic E-state index is 12.1. The number of halogens is 1. The smallest absolute Gasteiger partial charge is 0.242 e. The topological polar surface area (TPSA) is 83.0 Å². The Morgan fingerprint density at radius 1 is 1.10 bits per heavy atom. The van der Waals surface area contributed by atoms with Crippen molar-refractivity contribution >= 4 is 40.0 Å². The number of sulfonamides is 1. The van der Waals surface area contributed by atoms with Crippen molar-refractivity contribution in [3.05, 3.63) is 59.2 Å². The fraction of sp³-hybridized carbons (Fsp3) is 0.381. The van der Waals surface area contributed by atoms with E-state index >= 15 is 0 Å². The van der Waals surface area contributed by atoms with Gasteiger partial charge in [-0.1, -0.05) is 29.8 Å². The SMILES string of the molecule is CN=C(NCCc1cc(C)ccc1OC)NCc1ccc(S(=O)(=O)N(C)C)cc1.I. The monoisotopic (exact) mass is 546 g/mol. The average Bonchev–Trinajstić information content (AvgIpc) is 2.71. The summed E-state index contributed by atoms with van der Waals surface area (Å²) in [6.07, 6.45) is 0.808. The van der Waals surface area contributed by atoms with E-state index in [1.807, 2.05) is 12.1 Å². The summed E-state index contributed by atoms with van der Waals surface area (Å²) in [4.78, 5) is 4.51. The number of aliphatic imine (C=N–C) groups is 1. The van der Waals surface area contributed by atoms with Gasteiger partial charge in [-0.2, -0.15) is 0 Å². The van der Waals surface area contributed by atoms with Crippen molar-refractivity contribution in [1.29, 1.82) is 0 Å². The zero-order chi connectivity index (χ0) is 21.4. The molecular weight excluding hydrogens is 515 g/mol. The number of nitrogens with zero attached hydrogens (tertiary/aromatic N) is 2. The number of ether oxygens (including phenoxy) is 1. The lowest BCUT2D eigenvalue weighted by molar-refractivity contribution is 0.409. The lowest BCUT2D eigenvalue weighted by Gasteiger charge is -2.14. The van der Waals surface area contributed by atoms with E-state index in [9.17, 15) is 8.42 Å². The van der Waals surface area contributed by atoms with Crippen LogP contribution in [0.25, 0.3) is 0 Å². The first kappa shape index (κ1) is 26.2. The van der Waals surface area contributed by atoms with Crippen LogP contribution < -0.4 is 15.4 Å². The van der Waals surface area contributed by atoms with E-state index in [-0.39, 0.29) is 28.9 Å². The van der Waals surface area contributed by atoms with Gasteiger partial charge in [0.15, 0.2) is 5.96 Å². The van der Waals surface area contributed by atoms with Crippen LogP contribution >= 0.6 is 24.0 Å². The molecule has 0 radical (unpaired) electrons. The molecule has 0 saturated heterocycles. The van der Waals surface area contributed by atoms with Crippen molar-refractivity contribution in [2.45, 2.75) is 24.8 Å². The van der Waals surface area contributed by atoms with Crippen LogP contribution in [0.2, 0.25) is 0 Å². The van der Waals surface area contributed by atoms with Crippen molar-refractivity contribution in [2.24, 2.45) is 4.99 Å². The lowest BCUT2D eigenvalue weighted by atomic mass is 10.1. The molecule has 0 saturated carbocycles. The molecule has 0 aliphatic rings. The highest BCUT2D eigenvalue weighted by Crippen LogP contribution is 2.19. The molecule has 0 fully saturated rings. The zero-order valence-electron chi connectivity index (χ0n) is 18.1. The van der Waals surface area contributed by atoms with Crippen LogP contribution in [0.4, 0.5) is 0 Å². The van der Waals surface area contributed by atoms with Gasteiger partial charge in [-0.05, 0) is 42.7 Å². The van der Waals surface area contributed by atoms with Crippen LogP contribution in [0, 0.1) is 6.92 Å². The minimum atomic E-state index is -3.41. The fourth-order valence-corrected chi connectivity index (χ4v) is 3.72. The molecule has 0 aliphatic carbocycles. The number of rotatable bonds is 8. The van der Waals surface area contributed by atoms with Crippen molar-refractivity contribution in [3.63, 3.8) is 0 Å². The Morgan fingerprint density at radius 3 is 2.33 bits per heavy atom. The number of guanidine groups is 1. The summed E-state index contributed by atoms with van der Waals surface area (Å²) >= 11 is 0. The quantitative estimate of drug-likeness (QED) is 0.303. The van der Waals surface area contributed by atoms with Gasteiger partial charge in [0.25, 0.3) is 0 Å². The Bertz CT molecular complexity index is 945. The van der Waals surface area contributed by atoms with Crippen LogP contribution in [0.15, 0.2) is 52.4 Å². The van der Waals surface area contributed by atoms with E-state index in [0.717, 1.165) is 23.3 Å². The molecule has 0 heterocycles. The van der Waals surface area contributed by atoms with Gasteiger partial charge in [-0.25, -0.2) is 12.7 Å². The van der Waals surface area contributed by atoms with E-state index in [4.69, 9.17) is 4.74 Å². The number of hydrogen-bond donors (Lipinski definition) is 2. The third-order valence-electron chi connectivity index (χ3n) is 4.51. The molecular formula is C21H31IN4O3S. The highest BCUT2D eigenvalue weighted by molar-refractivity contribution is 14.0. The summed E-state index contributed by atoms with van der Waals surface area (Å²) in [5, 5.41) is 6.53. The van der Waals surface area contributed by atoms with Gasteiger partial charge in [0.05, 0.1) is 12.0 Å². The van der Waals surface area contributed by atoms with Crippen LogP contribution in [0.3, 0.4) is 0 Å². The van der Waals surface area contributed by atoms with E-state index in [0.29, 0.717) is 19.0 Å². The van der Waals surface area contributed by atoms with Crippen molar-refractivity contribution in [1.82, 2.24) is 14.9 Å². The second-order valence-corrected chi connectivity index (χ2v) is 9.00. The molecule has 166 valence electrons. The first-order valence-electron chi connectivity index (χ1n) is 9.37. The van der Waals surface area contributed by atoms with Gasteiger partial charge >= 0.3 is 0 Å². The number of hydrogen-bond acceptors (Lipinski definition) is 4. The van der Waals surface area contributed by atoms with Gasteiger partial charge in [-0.15, -0.1) is 24.0 Å². The molecule has 2 N–H and O–H groups in total. The Morgan fingerprint density at radius 2 is 1.77 bits per heavy atom. The third kappa shape index (κ3) is 7.13. The Kier molecular flexibility index (Phi) is 10.6. The molecule has 7 nitrogen and oxygen atoms in total. The predicted molar refractivity (Wildman–Crippen MR) is 132 cm³/mol. The van der Waals surface area contributed by atoms with E-state index in [1.165, 1.54) is 24.0 Å². The van der Waals surface area contributed by atoms with Crippen molar-refractivity contribution in [2.75, 3.05) is 34.8 Å². The Hall–Kier alpha value is -1.85. The maximum atomic E-state index is 12.1. The first-order valence-corrected chi connectivity index (χ1v) is 10.8. The summed E-state index contributed by atoms with van der Waals surface area (Å²) in [6.45, 7) is 3.31. The summed E-state index contributed by atoms with van der Waals surface area (Å²) in [5.41, 5.74) is 3.31. The third-order valence-corrected chi connectivity index (χ3v) is 6.34. The molecule has 0 atom stereocenters. The standard InChI is InChI=1S/C21H30N4O3S.HI/c1-16-6-11-20(28-5)18(14-16)12-13-23-21(22-2)24-15-17-7-9-19(10-8-17)29(26,27)25(3)4;/h6-11,14H,12-13,15H2,1-5H3,(H2,22,23,24);1H. The molecule has 2 rings (SSSR count). The summed E-state index contributed by atoms with van der Waals surface area (Å²) in [6, 6.07) is 13.0. The molecule has 0 bridgehead atoms. The highest BCUT2D eigenvalue weighted by Gasteiger charge is 2.16. The van der Waals surface area contributed by atoms with Crippen molar-refractivity contribution in [3.8, 4) is 5.75 Å². The summed E-state index contributed by atoms with van der Waals surface area (Å²) in [7, 11) is 3.03. The van der Waals surface area contributed by atoms with Gasteiger partial charge in [0, 0.05) is 34.2 Å². The minimum Gasteiger partial charge on any atom is -0.496 e. The van der Waals surface area contributed by atoms with Gasteiger partial charge in [0.1, 0.15) is 5.75 Å². The highest BCUT2D eigenvalue weighted by atomic mass is 127. The molecule has 0 aromatic heterocycles. The number of aryl methyl sites for hydroxylation is 1. The molecule has 9 heteroatoms. The van der Waals surface area contributed by atoms with E-state index < -0.39 is 10.0 Å². The zero-order valence-corrected chi connectivity index (χ0v) is 21.2. The summed E-state index contributed by atoms with van der Waals surface area (Å²) in [5.74, 6) is 1.56. The van der Waals surface area contributed by atoms with Crippen molar-refractivity contribution < 1.29 is 13.2 Å². The molecule has 0 amide bonds. The number of benzene rings is 2. The minimum absolute atomic E-state index is 0. The molecule has 0 unspecified atom stereocenters. The van der Waals surface area contributed by atoms with Gasteiger partial charge in [-0.3, -0.25) is 4.99 Å². The Balaban J connectivity index is 0.00000450. The lowest BCUT2D eigenvalue weighted by Crippen LogP contribution is -2.37. The van der Waals surface area contributed by atoms with E-state index in [1.54, 1.807) is 38.4 Å². The second-order valence-electron chi connectivity index (χ2n) is 6.85. The van der Waals surface area contributed by atoms with Crippen LogP contribution in [-0.4, -0.2) is 53.5 Å². The first-order chi connectivity index (χ1) is 13.8. The molecule has 30 heavy (non-hydrogen) atoms. The van der Waals surface area contributed by atoms with E-state index in [2.05, 4.69) is 28.6 Å². The fourth-order valence-electron chi connectivity index (χ4n) is 2.81. The van der Waals surface area contributed by atoms with Crippen LogP contribution in [0.1, 0.15) is 16.7 Å². The maximum Gasteiger partial charge on any atom is 0.242 e. The number of methoxy groups -OCH3 is 1. The van der Waals surface area contributed by atoms with Crippen LogP contribution in [-0.2, 0) is 23.0 Å². The predicted octanol–water partition coefficient (Wildman–Crippen LogP) is 2.78. The largest absolute Gasteiger partial charge is 0.496 e. The van der Waals surface area contributed by atoms with Crippen LogP contribution in [0.5, 0.6) is 5.75 Å². The second kappa shape index (κ2) is 12.1. The molecule has 2 aromatic rings. The molecule has 2 aromatic carbocycles. The van der Waals surface area contributed by atoms with Gasteiger partial charge in [0.2, 0.25) is 10.0 Å². The summed E-state index contributed by atoms with van der Waals surface area (Å²) < 4.78 is 30.9. The van der Waals surface area contributed by atoms with Gasteiger partial charge < -0.3 is 15.4 Å². The molecule has 0 aliphatic heterocycles. The Labute approximate surface area is 197 Å². The molecule has 0 spiro atoms. The normalized spacial score (nSPS) is 11.7.